The van der Waals surface area contributed by atoms with Crippen LogP contribution in [-0.4, -0.2) is 34.6 Å². The molecule has 1 atom stereocenters. The first-order valence-electron chi connectivity index (χ1n) is 9.74. The van der Waals surface area contributed by atoms with E-state index in [0.717, 1.165) is 16.7 Å². The Labute approximate surface area is 183 Å². The standard InChI is InChI=1S/C23H29ClN2O2S/c1-16(2)25-23(28)18(4)26(13-20-8-6-5-7-17(20)3)22(27)15-29-14-19-9-11-21(24)12-10-19/h5-12,16,18H,13-15H2,1-4H3,(H,25,28)/t18-/m0/s1. The summed E-state index contributed by atoms with van der Waals surface area (Å²) in [5.74, 6) is 0.852. The topological polar surface area (TPSA) is 49.4 Å². The molecule has 2 rings (SSSR count). The molecular formula is C23H29ClN2O2S. The van der Waals surface area contributed by atoms with Crippen molar-refractivity contribution < 1.29 is 9.59 Å². The van der Waals surface area contributed by atoms with Crippen molar-refractivity contribution in [2.75, 3.05) is 5.75 Å². The van der Waals surface area contributed by atoms with Gasteiger partial charge in [0, 0.05) is 23.4 Å². The van der Waals surface area contributed by atoms with E-state index >= 15 is 0 Å². The molecule has 0 aliphatic carbocycles. The van der Waals surface area contributed by atoms with Crippen LogP contribution in [0.4, 0.5) is 0 Å². The fourth-order valence-electron chi connectivity index (χ4n) is 2.88. The van der Waals surface area contributed by atoms with Crippen LogP contribution in [0.2, 0.25) is 5.02 Å². The molecule has 2 aromatic carbocycles. The van der Waals surface area contributed by atoms with Gasteiger partial charge in [-0.2, -0.15) is 0 Å². The molecule has 156 valence electrons. The number of aryl methyl sites for hydroxylation is 1. The number of benzene rings is 2. The Hall–Kier alpha value is -1.98. The minimum atomic E-state index is -0.541. The number of amides is 2. The lowest BCUT2D eigenvalue weighted by molar-refractivity contribution is -0.138. The molecular weight excluding hydrogens is 404 g/mol. The molecule has 0 saturated carbocycles. The molecule has 6 heteroatoms. The summed E-state index contributed by atoms with van der Waals surface area (Å²) < 4.78 is 0. The van der Waals surface area contributed by atoms with Gasteiger partial charge in [0.2, 0.25) is 11.8 Å². The van der Waals surface area contributed by atoms with Crippen molar-refractivity contribution in [3.63, 3.8) is 0 Å². The van der Waals surface area contributed by atoms with Gasteiger partial charge in [0.15, 0.2) is 0 Å². The minimum Gasteiger partial charge on any atom is -0.352 e. The Kier molecular flexibility index (Phi) is 9.05. The van der Waals surface area contributed by atoms with Crippen molar-refractivity contribution >= 4 is 35.2 Å². The second kappa shape index (κ2) is 11.3. The first kappa shape index (κ1) is 23.3. The lowest BCUT2D eigenvalue weighted by Crippen LogP contribution is -2.49. The maximum Gasteiger partial charge on any atom is 0.242 e. The van der Waals surface area contributed by atoms with Gasteiger partial charge >= 0.3 is 0 Å². The predicted octanol–water partition coefficient (Wildman–Crippen LogP) is 4.82. The molecule has 0 radical (unpaired) electrons. The van der Waals surface area contributed by atoms with Crippen molar-refractivity contribution in [3.05, 3.63) is 70.2 Å². The van der Waals surface area contributed by atoms with Crippen LogP contribution >= 0.6 is 23.4 Å². The Morgan fingerprint density at radius 1 is 1.07 bits per heavy atom. The number of hydrogen-bond acceptors (Lipinski definition) is 3. The molecule has 0 aromatic heterocycles. The number of thioether (sulfide) groups is 1. The van der Waals surface area contributed by atoms with Crippen molar-refractivity contribution in [3.8, 4) is 0 Å². The lowest BCUT2D eigenvalue weighted by atomic mass is 10.1. The quantitative estimate of drug-likeness (QED) is 0.617. The Morgan fingerprint density at radius 2 is 1.72 bits per heavy atom. The highest BCUT2D eigenvalue weighted by Crippen LogP contribution is 2.18. The monoisotopic (exact) mass is 432 g/mol. The van der Waals surface area contributed by atoms with E-state index in [2.05, 4.69) is 5.32 Å². The molecule has 4 nitrogen and oxygen atoms in total. The second-order valence-electron chi connectivity index (χ2n) is 7.41. The van der Waals surface area contributed by atoms with Crippen LogP contribution in [0.3, 0.4) is 0 Å². The molecule has 0 saturated heterocycles. The molecule has 0 heterocycles. The summed E-state index contributed by atoms with van der Waals surface area (Å²) in [4.78, 5) is 27.3. The number of carbonyl (C=O) groups is 2. The molecule has 2 amide bonds. The minimum absolute atomic E-state index is 0.0274. The largest absolute Gasteiger partial charge is 0.352 e. The first-order valence-corrected chi connectivity index (χ1v) is 11.3. The summed E-state index contributed by atoms with van der Waals surface area (Å²) in [6.45, 7) is 8.06. The van der Waals surface area contributed by atoms with Gasteiger partial charge in [-0.05, 0) is 56.5 Å². The van der Waals surface area contributed by atoms with Gasteiger partial charge in [0.25, 0.3) is 0 Å². The summed E-state index contributed by atoms with van der Waals surface area (Å²) in [6, 6.07) is 15.1. The van der Waals surface area contributed by atoms with Crippen molar-refractivity contribution in [1.29, 1.82) is 0 Å². The van der Waals surface area contributed by atoms with Crippen LogP contribution in [0.25, 0.3) is 0 Å². The number of nitrogens with zero attached hydrogens (tertiary/aromatic N) is 1. The van der Waals surface area contributed by atoms with Crippen LogP contribution in [-0.2, 0) is 21.9 Å². The summed E-state index contributed by atoms with van der Waals surface area (Å²) in [5.41, 5.74) is 3.27. The molecule has 0 aliphatic heterocycles. The predicted molar refractivity (Wildman–Crippen MR) is 122 cm³/mol. The molecule has 0 aliphatic rings. The third-order valence-corrected chi connectivity index (χ3v) is 5.85. The normalized spacial score (nSPS) is 11.9. The Bertz CT molecular complexity index is 824. The fraction of sp³-hybridized carbons (Fsp3) is 0.391. The third kappa shape index (κ3) is 7.41. The zero-order valence-electron chi connectivity index (χ0n) is 17.4. The number of carbonyl (C=O) groups excluding carboxylic acids is 2. The van der Waals surface area contributed by atoms with E-state index in [4.69, 9.17) is 11.6 Å². The SMILES string of the molecule is Cc1ccccc1CN(C(=O)CSCc1ccc(Cl)cc1)[C@@H](C)C(=O)NC(C)C. The Morgan fingerprint density at radius 3 is 2.34 bits per heavy atom. The highest BCUT2D eigenvalue weighted by atomic mass is 35.5. The zero-order chi connectivity index (χ0) is 21.4. The van der Waals surface area contributed by atoms with Gasteiger partial charge in [-0.25, -0.2) is 0 Å². The van der Waals surface area contributed by atoms with Gasteiger partial charge < -0.3 is 10.2 Å². The van der Waals surface area contributed by atoms with Crippen LogP contribution in [0.5, 0.6) is 0 Å². The van der Waals surface area contributed by atoms with E-state index in [9.17, 15) is 9.59 Å². The van der Waals surface area contributed by atoms with Crippen molar-refractivity contribution in [1.82, 2.24) is 10.2 Å². The molecule has 29 heavy (non-hydrogen) atoms. The van der Waals surface area contributed by atoms with Gasteiger partial charge in [-0.3, -0.25) is 9.59 Å². The average Bonchev–Trinajstić information content (AvgIpc) is 2.67. The van der Waals surface area contributed by atoms with Gasteiger partial charge in [-0.1, -0.05) is 48.0 Å². The number of rotatable bonds is 9. The van der Waals surface area contributed by atoms with E-state index in [1.165, 1.54) is 0 Å². The van der Waals surface area contributed by atoms with Crippen LogP contribution in [0.15, 0.2) is 48.5 Å². The smallest absolute Gasteiger partial charge is 0.242 e. The summed E-state index contributed by atoms with van der Waals surface area (Å²) >= 11 is 7.46. The summed E-state index contributed by atoms with van der Waals surface area (Å²) in [5, 5.41) is 3.61. The lowest BCUT2D eigenvalue weighted by Gasteiger charge is -2.30. The fourth-order valence-corrected chi connectivity index (χ4v) is 3.88. The second-order valence-corrected chi connectivity index (χ2v) is 8.83. The molecule has 0 spiro atoms. The number of halogens is 1. The zero-order valence-corrected chi connectivity index (χ0v) is 19.0. The van der Waals surface area contributed by atoms with Crippen LogP contribution in [0.1, 0.15) is 37.5 Å². The van der Waals surface area contributed by atoms with Gasteiger partial charge in [0.05, 0.1) is 5.75 Å². The maximum absolute atomic E-state index is 13.0. The molecule has 0 bridgehead atoms. The van der Waals surface area contributed by atoms with E-state index in [0.29, 0.717) is 23.1 Å². The van der Waals surface area contributed by atoms with Gasteiger partial charge in [-0.15, -0.1) is 11.8 Å². The van der Waals surface area contributed by atoms with Crippen molar-refractivity contribution in [2.45, 2.75) is 52.1 Å². The summed E-state index contributed by atoms with van der Waals surface area (Å²) in [7, 11) is 0. The molecule has 1 N–H and O–H groups in total. The van der Waals surface area contributed by atoms with E-state index in [-0.39, 0.29) is 17.9 Å². The third-order valence-electron chi connectivity index (χ3n) is 4.61. The molecule has 2 aromatic rings. The Balaban J connectivity index is 2.07. The van der Waals surface area contributed by atoms with E-state index < -0.39 is 6.04 Å². The maximum atomic E-state index is 13.0. The molecule has 0 fully saturated rings. The van der Waals surface area contributed by atoms with Gasteiger partial charge in [0.1, 0.15) is 6.04 Å². The van der Waals surface area contributed by atoms with Crippen LogP contribution < -0.4 is 5.32 Å². The molecule has 0 unspecified atom stereocenters. The van der Waals surface area contributed by atoms with Crippen LogP contribution in [0, 0.1) is 6.92 Å². The van der Waals surface area contributed by atoms with Crippen molar-refractivity contribution in [2.24, 2.45) is 0 Å². The highest BCUT2D eigenvalue weighted by Gasteiger charge is 2.26. The number of hydrogen-bond donors (Lipinski definition) is 1. The number of nitrogens with one attached hydrogen (secondary N) is 1. The van der Waals surface area contributed by atoms with E-state index in [1.807, 2.05) is 69.3 Å². The van der Waals surface area contributed by atoms with E-state index in [1.54, 1.807) is 23.6 Å². The first-order chi connectivity index (χ1) is 13.8. The average molecular weight is 433 g/mol. The highest BCUT2D eigenvalue weighted by molar-refractivity contribution is 7.99. The summed E-state index contributed by atoms with van der Waals surface area (Å²) in [6.07, 6.45) is 0.